The first kappa shape index (κ1) is 11.9. The van der Waals surface area contributed by atoms with Crippen molar-refractivity contribution in [3.63, 3.8) is 0 Å². The Hall–Kier alpha value is -2.15. The summed E-state index contributed by atoms with van der Waals surface area (Å²) in [7, 11) is 0. The first-order valence-electron chi connectivity index (χ1n) is 6.63. The molecule has 3 rings (SSSR count). The second-order valence-electron chi connectivity index (χ2n) is 5.07. The Morgan fingerprint density at radius 1 is 1.11 bits per heavy atom. The van der Waals surface area contributed by atoms with Gasteiger partial charge in [0.25, 0.3) is 0 Å². The molecule has 1 aromatic carbocycles. The van der Waals surface area contributed by atoms with Crippen LogP contribution < -0.4 is 5.32 Å². The molecule has 2 amide bonds. The number of benzene rings is 1. The Kier molecular flexibility index (Phi) is 2.83. The van der Waals surface area contributed by atoms with E-state index in [0.717, 1.165) is 72.0 Å². The molecule has 0 saturated heterocycles. The van der Waals surface area contributed by atoms with Gasteiger partial charge in [-0.15, -0.1) is 0 Å². The molecule has 0 radical (unpaired) electrons. The Balaban J connectivity index is 2.22. The monoisotopic (exact) mass is 253 g/mol. The summed E-state index contributed by atoms with van der Waals surface area (Å²) in [6, 6.07) is 1.96. The number of rotatable bonds is 1. The van der Waals surface area contributed by atoms with Gasteiger partial charge in [0.1, 0.15) is 0 Å². The van der Waals surface area contributed by atoms with Crippen LogP contribution in [0.5, 0.6) is 0 Å². The predicted octanol–water partition coefficient (Wildman–Crippen LogP) is 2.77. The molecule has 0 bridgehead atoms. The maximum Gasteiger partial charge on any atom is 0.344 e. The van der Waals surface area contributed by atoms with E-state index in [4.69, 9.17) is 0 Å². The molecule has 0 heterocycles. The van der Waals surface area contributed by atoms with E-state index >= 15 is 0 Å². The summed E-state index contributed by atoms with van der Waals surface area (Å²) >= 11 is 0. The highest BCUT2D eigenvalue weighted by Crippen LogP contribution is 2.41. The average molecular weight is 253 g/mol. The third kappa shape index (κ3) is 1.74. The Morgan fingerprint density at radius 2 is 1.63 bits per heavy atom. The molecule has 0 unspecified atom stereocenters. The van der Waals surface area contributed by atoms with Crippen molar-refractivity contribution in [2.45, 2.75) is 38.5 Å². The number of aliphatic imine (C=N–C) groups is 1. The maximum absolute atomic E-state index is 11.5. The Morgan fingerprint density at radius 3 is 2.11 bits per heavy atom. The molecule has 4 nitrogen and oxygen atoms in total. The van der Waals surface area contributed by atoms with E-state index in [1.165, 1.54) is 0 Å². The van der Waals surface area contributed by atoms with Gasteiger partial charge in [-0.05, 0) is 67.5 Å². The normalized spacial score (nSPS) is 15.5. The summed E-state index contributed by atoms with van der Waals surface area (Å²) in [5, 5.41) is 12.3. The molecule has 1 N–H and O–H groups in total. The molecular formula is C15H15N3O. The van der Waals surface area contributed by atoms with Crippen molar-refractivity contribution in [3.8, 4) is 6.07 Å². The fourth-order valence-electron chi connectivity index (χ4n) is 3.39. The van der Waals surface area contributed by atoms with E-state index in [9.17, 15) is 10.1 Å². The average Bonchev–Trinajstić information content (AvgIpc) is 3.06. The van der Waals surface area contributed by atoms with Crippen LogP contribution in [-0.4, -0.2) is 12.7 Å². The van der Waals surface area contributed by atoms with Crippen LogP contribution in [0.1, 0.15) is 40.7 Å². The fraction of sp³-hybridized carbons (Fsp3) is 0.400. The molecule has 0 fully saturated rings. The minimum atomic E-state index is -0.409. The Labute approximate surface area is 112 Å². The van der Waals surface area contributed by atoms with E-state index in [1.807, 2.05) is 0 Å². The molecule has 19 heavy (non-hydrogen) atoms. The summed E-state index contributed by atoms with van der Waals surface area (Å²) in [4.78, 5) is 14.9. The third-order valence-corrected chi connectivity index (χ3v) is 4.13. The van der Waals surface area contributed by atoms with Gasteiger partial charge < -0.3 is 5.32 Å². The zero-order valence-electron chi connectivity index (χ0n) is 10.8. The molecule has 0 spiro atoms. The van der Waals surface area contributed by atoms with Crippen molar-refractivity contribution >= 4 is 18.4 Å². The molecule has 0 saturated carbocycles. The lowest BCUT2D eigenvalue weighted by atomic mass is 9.93. The number of hydrogen-bond donors (Lipinski definition) is 1. The number of nitrogens with one attached hydrogen (secondary N) is 1. The van der Waals surface area contributed by atoms with Crippen LogP contribution in [0.25, 0.3) is 0 Å². The number of nitrogens with zero attached hydrogens (tertiary/aromatic N) is 2. The van der Waals surface area contributed by atoms with Crippen LogP contribution in [0.2, 0.25) is 0 Å². The van der Waals surface area contributed by atoms with Gasteiger partial charge in [0, 0.05) is 5.69 Å². The van der Waals surface area contributed by atoms with Crippen molar-refractivity contribution in [3.05, 3.63) is 27.8 Å². The predicted molar refractivity (Wildman–Crippen MR) is 73.8 cm³/mol. The van der Waals surface area contributed by atoms with Crippen molar-refractivity contribution in [2.75, 3.05) is 5.32 Å². The van der Waals surface area contributed by atoms with Gasteiger partial charge in [0.15, 0.2) is 0 Å². The van der Waals surface area contributed by atoms with Gasteiger partial charge in [-0.2, -0.15) is 5.26 Å². The lowest BCUT2D eigenvalue weighted by molar-refractivity contribution is 0.259. The molecule has 2 aliphatic rings. The van der Waals surface area contributed by atoms with E-state index < -0.39 is 6.03 Å². The minimum Gasteiger partial charge on any atom is -0.306 e. The second-order valence-corrected chi connectivity index (χ2v) is 5.07. The quantitative estimate of drug-likeness (QED) is 0.782. The number of carbonyl (C=O) groups excluding carboxylic acids is 1. The summed E-state index contributed by atoms with van der Waals surface area (Å²) in [5.41, 5.74) is 6.36. The van der Waals surface area contributed by atoms with Gasteiger partial charge in [0.05, 0.1) is 11.6 Å². The molecule has 1 aromatic rings. The molecule has 0 atom stereocenters. The van der Waals surface area contributed by atoms with Crippen LogP contribution in [0, 0.1) is 11.3 Å². The summed E-state index contributed by atoms with van der Waals surface area (Å²) in [5.74, 6) is 0. The first-order chi connectivity index (χ1) is 9.26. The lowest BCUT2D eigenvalue weighted by Gasteiger charge is -2.16. The number of anilines is 1. The van der Waals surface area contributed by atoms with Crippen molar-refractivity contribution in [1.82, 2.24) is 0 Å². The van der Waals surface area contributed by atoms with Gasteiger partial charge >= 0.3 is 6.03 Å². The molecule has 4 heteroatoms. The van der Waals surface area contributed by atoms with Crippen LogP contribution in [0.3, 0.4) is 0 Å². The standard InChI is InChI=1S/C15H15N3O/c1-17-15(19)18-14-11-6-2-4-9(11)13(8-16)10-5-3-7-12(10)14/h1-7H2,(H,18,19). The summed E-state index contributed by atoms with van der Waals surface area (Å²) < 4.78 is 0. The van der Waals surface area contributed by atoms with E-state index in [2.05, 4.69) is 23.1 Å². The zero-order chi connectivity index (χ0) is 13.4. The highest BCUT2D eigenvalue weighted by molar-refractivity contribution is 5.94. The zero-order valence-corrected chi connectivity index (χ0v) is 10.8. The third-order valence-electron chi connectivity index (χ3n) is 4.13. The van der Waals surface area contributed by atoms with Gasteiger partial charge in [-0.1, -0.05) is 0 Å². The van der Waals surface area contributed by atoms with Crippen LogP contribution in [0.15, 0.2) is 4.99 Å². The molecule has 2 aliphatic carbocycles. The smallest absolute Gasteiger partial charge is 0.306 e. The van der Waals surface area contributed by atoms with Crippen LogP contribution >= 0.6 is 0 Å². The number of urea groups is 1. The van der Waals surface area contributed by atoms with Gasteiger partial charge in [-0.3, -0.25) is 0 Å². The number of amides is 2. The number of carbonyl (C=O) groups is 1. The van der Waals surface area contributed by atoms with E-state index in [1.54, 1.807) is 0 Å². The minimum absolute atomic E-state index is 0.409. The lowest BCUT2D eigenvalue weighted by Crippen LogP contribution is -2.12. The van der Waals surface area contributed by atoms with Crippen molar-refractivity contribution in [1.29, 1.82) is 5.26 Å². The first-order valence-corrected chi connectivity index (χ1v) is 6.63. The van der Waals surface area contributed by atoms with Crippen molar-refractivity contribution in [2.24, 2.45) is 4.99 Å². The molecule has 0 aromatic heterocycles. The largest absolute Gasteiger partial charge is 0.344 e. The number of fused-ring (bicyclic) bond motifs is 2. The Bertz CT molecular complexity index is 590. The maximum atomic E-state index is 11.5. The molecule has 96 valence electrons. The van der Waals surface area contributed by atoms with E-state index in [-0.39, 0.29) is 0 Å². The second kappa shape index (κ2) is 4.51. The van der Waals surface area contributed by atoms with Crippen LogP contribution in [0.4, 0.5) is 10.5 Å². The highest BCUT2D eigenvalue weighted by atomic mass is 16.2. The fourth-order valence-corrected chi connectivity index (χ4v) is 3.39. The number of nitriles is 1. The highest BCUT2D eigenvalue weighted by Gasteiger charge is 2.29. The van der Waals surface area contributed by atoms with Gasteiger partial charge in [0.2, 0.25) is 0 Å². The van der Waals surface area contributed by atoms with Gasteiger partial charge in [-0.25, -0.2) is 9.79 Å². The summed E-state index contributed by atoms with van der Waals surface area (Å²) in [6.45, 7) is 3.26. The van der Waals surface area contributed by atoms with Crippen LogP contribution in [-0.2, 0) is 25.7 Å². The topological polar surface area (TPSA) is 65.2 Å². The summed E-state index contributed by atoms with van der Waals surface area (Å²) in [6.07, 6.45) is 5.86. The SMILES string of the molecule is C=NC(=O)Nc1c2c(c(C#N)c3c1CCC3)CCC2. The molecular weight excluding hydrogens is 238 g/mol. The van der Waals surface area contributed by atoms with Crippen molar-refractivity contribution < 1.29 is 4.79 Å². The molecule has 0 aliphatic heterocycles. The van der Waals surface area contributed by atoms with E-state index in [0.29, 0.717) is 0 Å². The number of hydrogen-bond acceptors (Lipinski definition) is 2.